The first-order chi connectivity index (χ1) is 14.6. The average molecular weight is 394 g/mol. The summed E-state index contributed by atoms with van der Waals surface area (Å²) in [7, 11) is 0. The Morgan fingerprint density at radius 3 is 2.10 bits per heavy atom. The minimum atomic E-state index is -1.04. The van der Waals surface area contributed by atoms with Gasteiger partial charge in [-0.25, -0.2) is 4.79 Å². The third-order valence-corrected chi connectivity index (χ3v) is 4.93. The highest BCUT2D eigenvalue weighted by Gasteiger charge is 2.23. The van der Waals surface area contributed by atoms with Crippen molar-refractivity contribution in [3.63, 3.8) is 0 Å². The summed E-state index contributed by atoms with van der Waals surface area (Å²) in [6, 6.07) is 25.9. The summed E-state index contributed by atoms with van der Waals surface area (Å²) >= 11 is 0. The van der Waals surface area contributed by atoms with Crippen LogP contribution < -0.4 is 5.32 Å². The zero-order valence-electron chi connectivity index (χ0n) is 16.3. The van der Waals surface area contributed by atoms with E-state index in [9.17, 15) is 14.9 Å². The van der Waals surface area contributed by atoms with Crippen molar-refractivity contribution in [3.05, 3.63) is 90.0 Å². The van der Waals surface area contributed by atoms with E-state index in [0.29, 0.717) is 16.8 Å². The van der Waals surface area contributed by atoms with Gasteiger partial charge < -0.3 is 10.1 Å². The number of anilines is 1. The Bertz CT molecular complexity index is 1270. The zero-order chi connectivity index (χ0) is 21.1. The lowest BCUT2D eigenvalue weighted by molar-refractivity contribution is -0.123. The van der Waals surface area contributed by atoms with Crippen molar-refractivity contribution in [2.45, 2.75) is 13.0 Å². The summed E-state index contributed by atoms with van der Waals surface area (Å²) in [5, 5.41) is 15.2. The molecule has 1 atom stereocenters. The van der Waals surface area contributed by atoms with E-state index in [2.05, 4.69) is 5.32 Å². The van der Waals surface area contributed by atoms with E-state index in [1.165, 1.54) is 6.92 Å². The second kappa shape index (κ2) is 8.06. The van der Waals surface area contributed by atoms with Crippen LogP contribution >= 0.6 is 0 Å². The number of ether oxygens (including phenoxy) is 1. The van der Waals surface area contributed by atoms with Crippen LogP contribution in [0.3, 0.4) is 0 Å². The Hall–Kier alpha value is -4.17. The highest BCUT2D eigenvalue weighted by Crippen LogP contribution is 2.29. The fraction of sp³-hybridized carbons (Fsp3) is 0.0800. The molecule has 0 saturated heterocycles. The molecule has 4 aromatic rings. The minimum Gasteiger partial charge on any atom is -0.449 e. The quantitative estimate of drug-likeness (QED) is 0.388. The Morgan fingerprint density at radius 2 is 1.47 bits per heavy atom. The molecular weight excluding hydrogens is 376 g/mol. The van der Waals surface area contributed by atoms with Gasteiger partial charge in [-0.1, -0.05) is 60.7 Å². The number of para-hydroxylation sites is 1. The number of nitrogens with one attached hydrogen (secondary N) is 1. The zero-order valence-corrected chi connectivity index (χ0v) is 16.3. The summed E-state index contributed by atoms with van der Waals surface area (Å²) in [5.41, 5.74) is 1.15. The van der Waals surface area contributed by atoms with Crippen LogP contribution in [-0.4, -0.2) is 18.0 Å². The molecule has 0 fully saturated rings. The molecule has 146 valence electrons. The van der Waals surface area contributed by atoms with Crippen LogP contribution in [0.4, 0.5) is 5.69 Å². The summed E-state index contributed by atoms with van der Waals surface area (Å²) in [6.45, 7) is 1.51. The first-order valence-corrected chi connectivity index (χ1v) is 9.50. The Balaban J connectivity index is 1.64. The average Bonchev–Trinajstić information content (AvgIpc) is 2.77. The Kier molecular flexibility index (Phi) is 5.15. The van der Waals surface area contributed by atoms with Gasteiger partial charge in [0.1, 0.15) is 6.07 Å². The van der Waals surface area contributed by atoms with Gasteiger partial charge >= 0.3 is 5.97 Å². The largest absolute Gasteiger partial charge is 0.449 e. The Morgan fingerprint density at radius 1 is 0.900 bits per heavy atom. The van der Waals surface area contributed by atoms with Gasteiger partial charge in [-0.05, 0) is 46.7 Å². The molecule has 0 saturated carbocycles. The fourth-order valence-electron chi connectivity index (χ4n) is 3.43. The number of esters is 1. The van der Waals surface area contributed by atoms with Crippen molar-refractivity contribution in [1.82, 2.24) is 0 Å². The Labute approximate surface area is 173 Å². The molecular formula is C25H18N2O3. The van der Waals surface area contributed by atoms with Crippen LogP contribution in [-0.2, 0) is 9.53 Å². The third kappa shape index (κ3) is 3.59. The maximum absolute atomic E-state index is 13.1. The topological polar surface area (TPSA) is 79.2 Å². The van der Waals surface area contributed by atoms with E-state index in [-0.39, 0.29) is 0 Å². The molecule has 0 aliphatic carbocycles. The molecule has 0 radical (unpaired) electrons. The van der Waals surface area contributed by atoms with Crippen LogP contribution in [0.5, 0.6) is 0 Å². The summed E-state index contributed by atoms with van der Waals surface area (Å²) in [4.78, 5) is 25.7. The third-order valence-electron chi connectivity index (χ3n) is 4.93. The van der Waals surface area contributed by atoms with Gasteiger partial charge in [-0.15, -0.1) is 0 Å². The summed E-state index contributed by atoms with van der Waals surface area (Å²) in [5.74, 6) is -1.07. The highest BCUT2D eigenvalue weighted by atomic mass is 16.5. The lowest BCUT2D eigenvalue weighted by Gasteiger charge is -2.16. The molecule has 0 spiro atoms. The lowest BCUT2D eigenvalue weighted by Crippen LogP contribution is -2.30. The molecule has 0 aromatic heterocycles. The van der Waals surface area contributed by atoms with Crippen molar-refractivity contribution in [3.8, 4) is 6.07 Å². The van der Waals surface area contributed by atoms with Gasteiger partial charge in [0.05, 0.1) is 16.8 Å². The van der Waals surface area contributed by atoms with E-state index in [4.69, 9.17) is 4.74 Å². The molecule has 0 aliphatic heterocycles. The maximum atomic E-state index is 13.1. The molecule has 5 nitrogen and oxygen atoms in total. The number of hydrogen-bond donors (Lipinski definition) is 1. The van der Waals surface area contributed by atoms with E-state index < -0.39 is 18.0 Å². The number of amides is 1. The van der Waals surface area contributed by atoms with Crippen LogP contribution in [0.25, 0.3) is 21.5 Å². The first kappa shape index (κ1) is 19.2. The number of carbonyl (C=O) groups is 2. The van der Waals surface area contributed by atoms with Gasteiger partial charge in [-0.3, -0.25) is 4.79 Å². The molecule has 30 heavy (non-hydrogen) atoms. The van der Waals surface area contributed by atoms with Gasteiger partial charge in [-0.2, -0.15) is 5.26 Å². The molecule has 5 heteroatoms. The van der Waals surface area contributed by atoms with Crippen molar-refractivity contribution in [2.24, 2.45) is 0 Å². The standard InChI is InChI=1S/C25H18N2O3/c1-16(24(28)27-22-13-7-4-10-19(22)15-26)30-25(29)23-20-11-5-2-8-17(20)14-18-9-3-6-12-21(18)23/h2-14,16H,1H3,(H,27,28)/t16-/m0/s1. The maximum Gasteiger partial charge on any atom is 0.340 e. The predicted octanol–water partition coefficient (Wildman–Crippen LogP) is 5.05. The molecule has 0 heterocycles. The number of nitriles is 1. The normalized spacial score (nSPS) is 11.6. The van der Waals surface area contributed by atoms with Crippen LogP contribution in [0.15, 0.2) is 78.9 Å². The van der Waals surface area contributed by atoms with Gasteiger partial charge in [0, 0.05) is 0 Å². The van der Waals surface area contributed by atoms with Crippen molar-refractivity contribution in [1.29, 1.82) is 5.26 Å². The summed E-state index contributed by atoms with van der Waals surface area (Å²) in [6.07, 6.45) is -1.04. The number of carbonyl (C=O) groups excluding carboxylic acids is 2. The fourth-order valence-corrected chi connectivity index (χ4v) is 3.43. The second-order valence-corrected chi connectivity index (χ2v) is 6.89. The smallest absolute Gasteiger partial charge is 0.340 e. The number of rotatable bonds is 4. The number of fused-ring (bicyclic) bond motifs is 2. The van der Waals surface area contributed by atoms with E-state index in [1.807, 2.05) is 60.7 Å². The second-order valence-electron chi connectivity index (χ2n) is 6.89. The molecule has 4 aromatic carbocycles. The number of hydrogen-bond acceptors (Lipinski definition) is 4. The van der Waals surface area contributed by atoms with Crippen molar-refractivity contribution < 1.29 is 14.3 Å². The number of nitrogens with zero attached hydrogens (tertiary/aromatic N) is 1. The molecule has 0 aliphatic rings. The van der Waals surface area contributed by atoms with Crippen molar-refractivity contribution >= 4 is 39.1 Å². The van der Waals surface area contributed by atoms with Crippen molar-refractivity contribution in [2.75, 3.05) is 5.32 Å². The lowest BCUT2D eigenvalue weighted by atomic mass is 9.97. The van der Waals surface area contributed by atoms with Gasteiger partial charge in [0.2, 0.25) is 0 Å². The monoisotopic (exact) mass is 394 g/mol. The van der Waals surface area contributed by atoms with Gasteiger partial charge in [0.15, 0.2) is 6.10 Å². The highest BCUT2D eigenvalue weighted by molar-refractivity contribution is 6.17. The van der Waals surface area contributed by atoms with E-state index >= 15 is 0 Å². The minimum absolute atomic E-state index is 0.337. The number of benzene rings is 4. The molecule has 1 N–H and O–H groups in total. The SMILES string of the molecule is C[C@H](OC(=O)c1c2ccccc2cc2ccccc12)C(=O)Nc1ccccc1C#N. The molecule has 0 unspecified atom stereocenters. The molecule has 0 bridgehead atoms. The predicted molar refractivity (Wildman–Crippen MR) is 116 cm³/mol. The van der Waals surface area contributed by atoms with Crippen LogP contribution in [0.2, 0.25) is 0 Å². The van der Waals surface area contributed by atoms with Gasteiger partial charge in [0.25, 0.3) is 5.91 Å². The summed E-state index contributed by atoms with van der Waals surface area (Å²) < 4.78 is 5.53. The van der Waals surface area contributed by atoms with Crippen LogP contribution in [0, 0.1) is 11.3 Å². The molecule has 1 amide bonds. The first-order valence-electron chi connectivity index (χ1n) is 9.50. The van der Waals surface area contributed by atoms with E-state index in [0.717, 1.165) is 21.5 Å². The van der Waals surface area contributed by atoms with Crippen LogP contribution in [0.1, 0.15) is 22.8 Å². The van der Waals surface area contributed by atoms with E-state index in [1.54, 1.807) is 24.3 Å². The molecule has 4 rings (SSSR count).